The highest BCUT2D eigenvalue weighted by molar-refractivity contribution is 6.30. The largest absolute Gasteiger partial charge is 0.374 e. The fraction of sp³-hybridized carbons (Fsp3) is 0.739. The predicted octanol–water partition coefficient (Wildman–Crippen LogP) is 3.96. The molecule has 25 nitrogen and oxygen atoms in total. The zero-order chi connectivity index (χ0) is 69.4. The zero-order valence-corrected chi connectivity index (χ0v) is 58.8. The van der Waals surface area contributed by atoms with E-state index in [-0.39, 0.29) is 57.3 Å². The Balaban J connectivity index is 1.25. The SMILES string of the molecule is CC[C@H](C)[C@@H]1NC(=O)[C@H](C)N(C)C(=O)C[C@@H](C(=O)N2CCCCC2)N(C)C(=O)[C@H](C2CCCCC2)N(C)C(=O)C2(CCCC2)NC(=O)[C@@H]2CCCN2C(=O)[C@H](COCc2ccc(Cl)cc2)NC(=O)CN(C)C(=O)[C@H](CC2CCCCC2)N(C)C(=O)CN(C)C(=O)CN(C)C1=O. The Labute approximate surface area is 566 Å². The molecule has 528 valence electrons. The third-order valence-electron chi connectivity index (χ3n) is 21.3. The highest BCUT2D eigenvalue weighted by atomic mass is 35.5. The Kier molecular flexibility index (Phi) is 27.7. The van der Waals surface area contributed by atoms with Gasteiger partial charge in [0.2, 0.25) is 70.9 Å². The summed E-state index contributed by atoms with van der Waals surface area (Å²) in [6.07, 6.45) is 13.0. The van der Waals surface area contributed by atoms with Crippen LogP contribution in [0.3, 0.4) is 0 Å². The lowest BCUT2D eigenvalue weighted by Crippen LogP contribution is -2.65. The fourth-order valence-electron chi connectivity index (χ4n) is 14.7. The lowest BCUT2D eigenvalue weighted by molar-refractivity contribution is -0.157. The molecule has 6 aliphatic rings. The van der Waals surface area contributed by atoms with Gasteiger partial charge in [-0.2, -0.15) is 0 Å². The van der Waals surface area contributed by atoms with Crippen LogP contribution >= 0.6 is 11.6 Å². The number of fused-ring (bicyclic) bond motifs is 1. The van der Waals surface area contributed by atoms with Crippen LogP contribution in [0.25, 0.3) is 0 Å². The molecule has 0 aromatic heterocycles. The van der Waals surface area contributed by atoms with Gasteiger partial charge in [-0.15, -0.1) is 0 Å². The fourth-order valence-corrected chi connectivity index (χ4v) is 14.9. The van der Waals surface area contributed by atoms with Gasteiger partial charge in [-0.1, -0.05) is 108 Å². The summed E-state index contributed by atoms with van der Waals surface area (Å²) in [4.78, 5) is 189. The van der Waals surface area contributed by atoms with Crippen LogP contribution < -0.4 is 16.0 Å². The standard InChI is InChI=1S/C69H107ClN12O13/c1-11-45(2)59-66(92)76(6)41-57(85)74(4)42-58(86)78(8)53(38-47-24-15-12-16-25-47)64(90)75(5)40-55(83)71-51(44-95-43-48-29-31-50(70)32-30-48)63(89)82-37-23-28-52(82)62(88)73-69(33-19-20-34-69)68(94)80(10)60(49-26-17-13-18-27-49)67(93)79(9)54(65(91)81-35-21-14-22-36-81)39-56(84)77(7)46(3)61(87)72-59/h29-32,45-47,49,51-54,59-60H,11-28,33-44H2,1-10H3,(H,71,83)(H,72,87)(H,73,88)/t45-,46-,51-,52-,53-,54-,59-,60-/m0/s1. The van der Waals surface area contributed by atoms with Crippen LogP contribution in [0.2, 0.25) is 5.02 Å². The second kappa shape index (κ2) is 34.9. The quantitative estimate of drug-likeness (QED) is 0.300. The second-order valence-corrected chi connectivity index (χ2v) is 28.4. The van der Waals surface area contributed by atoms with Crippen molar-refractivity contribution in [2.24, 2.45) is 17.8 Å². The van der Waals surface area contributed by atoms with Crippen molar-refractivity contribution in [3.63, 3.8) is 0 Å². The van der Waals surface area contributed by atoms with Gasteiger partial charge < -0.3 is 64.8 Å². The van der Waals surface area contributed by atoms with E-state index in [2.05, 4.69) is 16.0 Å². The van der Waals surface area contributed by atoms with E-state index >= 15 is 19.2 Å². The summed E-state index contributed by atoms with van der Waals surface area (Å²) < 4.78 is 6.12. The highest BCUT2D eigenvalue weighted by Crippen LogP contribution is 2.37. The number of nitrogens with one attached hydrogen (secondary N) is 3. The topological polar surface area (TPSA) is 279 Å². The summed E-state index contributed by atoms with van der Waals surface area (Å²) in [6, 6.07) is -1.43. The van der Waals surface area contributed by atoms with Crippen molar-refractivity contribution >= 4 is 82.5 Å². The first-order valence-electron chi connectivity index (χ1n) is 34.8. The monoisotopic (exact) mass is 1350 g/mol. The number of likely N-dealkylation sites (N-methyl/N-ethyl adjacent to an activating group) is 7. The summed E-state index contributed by atoms with van der Waals surface area (Å²) in [5.74, 6) is -7.86. The van der Waals surface area contributed by atoms with Crippen molar-refractivity contribution in [3.8, 4) is 0 Å². The van der Waals surface area contributed by atoms with Crippen LogP contribution in [0.4, 0.5) is 0 Å². The Morgan fingerprint density at radius 3 is 1.84 bits per heavy atom. The maximum absolute atomic E-state index is 15.7. The van der Waals surface area contributed by atoms with Crippen LogP contribution in [0.15, 0.2) is 24.3 Å². The maximum atomic E-state index is 15.7. The zero-order valence-electron chi connectivity index (χ0n) is 58.0. The summed E-state index contributed by atoms with van der Waals surface area (Å²) in [5.41, 5.74) is -0.765. The molecule has 0 bridgehead atoms. The van der Waals surface area contributed by atoms with E-state index in [9.17, 15) is 38.4 Å². The number of piperidine rings is 1. The number of carbonyl (C=O) groups is 12. The molecule has 1 spiro atoms. The van der Waals surface area contributed by atoms with Crippen LogP contribution in [0.1, 0.15) is 168 Å². The molecule has 12 amide bonds. The van der Waals surface area contributed by atoms with E-state index in [1.165, 1.54) is 78.6 Å². The molecule has 26 heteroatoms. The molecule has 3 N–H and O–H groups in total. The average molecular weight is 1350 g/mol. The predicted molar refractivity (Wildman–Crippen MR) is 356 cm³/mol. The number of nitrogens with zero attached hydrogens (tertiary/aromatic N) is 9. The lowest BCUT2D eigenvalue weighted by atomic mass is 9.81. The van der Waals surface area contributed by atoms with Gasteiger partial charge in [0.25, 0.3) is 0 Å². The van der Waals surface area contributed by atoms with Crippen molar-refractivity contribution in [2.75, 3.05) is 95.2 Å². The molecule has 0 unspecified atom stereocenters. The molecule has 8 atom stereocenters. The minimum absolute atomic E-state index is 0.0265. The van der Waals surface area contributed by atoms with Crippen molar-refractivity contribution in [2.45, 2.75) is 216 Å². The summed E-state index contributed by atoms with van der Waals surface area (Å²) in [7, 11) is 10.2. The Bertz CT molecular complexity index is 2890. The van der Waals surface area contributed by atoms with Gasteiger partial charge in [0.15, 0.2) is 0 Å². The van der Waals surface area contributed by atoms with Crippen molar-refractivity contribution < 1.29 is 62.3 Å². The summed E-state index contributed by atoms with van der Waals surface area (Å²) >= 11 is 6.17. The third-order valence-corrected chi connectivity index (χ3v) is 21.5. The molecule has 3 aliphatic carbocycles. The van der Waals surface area contributed by atoms with E-state index in [4.69, 9.17) is 16.3 Å². The van der Waals surface area contributed by atoms with Gasteiger partial charge in [0.1, 0.15) is 47.8 Å². The van der Waals surface area contributed by atoms with Crippen molar-refractivity contribution in [3.05, 3.63) is 34.9 Å². The molecule has 3 aliphatic heterocycles. The second-order valence-electron chi connectivity index (χ2n) is 28.0. The molecule has 6 fully saturated rings. The molecule has 3 saturated heterocycles. The number of rotatable bonds is 10. The normalized spacial score (nSPS) is 27.5. The first-order chi connectivity index (χ1) is 45.2. The molecular formula is C69H107ClN12O13. The van der Waals surface area contributed by atoms with E-state index in [1.54, 1.807) is 43.1 Å². The van der Waals surface area contributed by atoms with Gasteiger partial charge in [-0.05, 0) is 107 Å². The molecule has 3 heterocycles. The number of hydrogen-bond donors (Lipinski definition) is 3. The van der Waals surface area contributed by atoms with Gasteiger partial charge in [-0.25, -0.2) is 0 Å². The highest BCUT2D eigenvalue weighted by Gasteiger charge is 2.51. The Hall–Kier alpha value is -6.89. The minimum atomic E-state index is -1.49. The van der Waals surface area contributed by atoms with Gasteiger partial charge in [0, 0.05) is 74.0 Å². The number of carbonyl (C=O) groups excluding carboxylic acids is 12. The number of amides is 12. The number of hydrogen-bond acceptors (Lipinski definition) is 13. The van der Waals surface area contributed by atoms with Crippen LogP contribution in [0.5, 0.6) is 0 Å². The van der Waals surface area contributed by atoms with Gasteiger partial charge in [0.05, 0.1) is 39.3 Å². The first kappa shape index (κ1) is 75.5. The molecule has 3 saturated carbocycles. The van der Waals surface area contributed by atoms with Gasteiger partial charge in [-0.3, -0.25) is 57.5 Å². The Morgan fingerprint density at radius 1 is 0.611 bits per heavy atom. The number of halogens is 1. The van der Waals surface area contributed by atoms with E-state index in [0.29, 0.717) is 56.6 Å². The Morgan fingerprint density at radius 2 is 1.21 bits per heavy atom. The van der Waals surface area contributed by atoms with E-state index in [0.717, 1.165) is 86.0 Å². The van der Waals surface area contributed by atoms with E-state index < -0.39 is 151 Å². The van der Waals surface area contributed by atoms with Crippen molar-refractivity contribution in [1.29, 1.82) is 0 Å². The smallest absolute Gasteiger partial charge is 0.248 e. The first-order valence-corrected chi connectivity index (χ1v) is 35.2. The number of ether oxygens (including phenoxy) is 1. The van der Waals surface area contributed by atoms with Crippen LogP contribution in [-0.2, 0) is 68.9 Å². The van der Waals surface area contributed by atoms with Crippen LogP contribution in [-0.4, -0.2) is 258 Å². The number of benzene rings is 1. The summed E-state index contributed by atoms with van der Waals surface area (Å²) in [5, 5.41) is 9.27. The lowest BCUT2D eigenvalue weighted by Gasteiger charge is -2.43. The van der Waals surface area contributed by atoms with E-state index in [1.807, 2.05) is 6.92 Å². The molecule has 7 rings (SSSR count). The third kappa shape index (κ3) is 19.2. The summed E-state index contributed by atoms with van der Waals surface area (Å²) in [6.45, 7) is 4.23. The molecule has 1 aromatic rings. The molecule has 95 heavy (non-hydrogen) atoms. The molecule has 0 radical (unpaired) electrons. The van der Waals surface area contributed by atoms with Crippen molar-refractivity contribution in [1.82, 2.24) is 60.0 Å². The molecule has 1 aromatic carbocycles. The molecular weight excluding hydrogens is 1240 g/mol. The van der Waals surface area contributed by atoms with Crippen LogP contribution in [0, 0.1) is 17.8 Å². The minimum Gasteiger partial charge on any atom is -0.374 e. The maximum Gasteiger partial charge on any atom is 0.248 e. The van der Waals surface area contributed by atoms with Gasteiger partial charge >= 0.3 is 0 Å². The average Bonchev–Trinajstić information content (AvgIpc) is 1.77. The number of likely N-dealkylation sites (tertiary alicyclic amines) is 1.